The second-order valence-corrected chi connectivity index (χ2v) is 7.14. The fourth-order valence-corrected chi connectivity index (χ4v) is 3.41. The number of amides is 1. The van der Waals surface area contributed by atoms with Crippen LogP contribution in [0.5, 0.6) is 5.75 Å². The smallest absolute Gasteiger partial charge is 0.236 e. The van der Waals surface area contributed by atoms with Crippen LogP contribution in [0.1, 0.15) is 25.7 Å². The fraction of sp³-hybridized carbons (Fsp3) is 0.500. The highest BCUT2D eigenvalue weighted by atomic mass is 16.5. The summed E-state index contributed by atoms with van der Waals surface area (Å²) in [6.45, 7) is 0.488. The molecule has 1 amide bonds. The largest absolute Gasteiger partial charge is 0.490 e. The summed E-state index contributed by atoms with van der Waals surface area (Å²) >= 11 is 0. The van der Waals surface area contributed by atoms with Gasteiger partial charge in [-0.1, -0.05) is 0 Å². The number of carbonyl (C=O) groups excluding carboxylic acids is 1. The van der Waals surface area contributed by atoms with Crippen molar-refractivity contribution in [2.75, 3.05) is 27.7 Å². The minimum atomic E-state index is 0.159. The molecule has 1 aliphatic rings. The maximum Gasteiger partial charge on any atom is 0.236 e. The van der Waals surface area contributed by atoms with Crippen molar-refractivity contribution in [3.05, 3.63) is 36.7 Å². The first-order valence-electron chi connectivity index (χ1n) is 8.94. The molecule has 1 heterocycles. The highest BCUT2D eigenvalue weighted by Gasteiger charge is 2.26. The number of pyridine rings is 1. The number of nitrogens with zero attached hydrogens (tertiary/aromatic N) is 3. The van der Waals surface area contributed by atoms with Crippen molar-refractivity contribution in [2.45, 2.75) is 37.8 Å². The van der Waals surface area contributed by atoms with Crippen molar-refractivity contribution in [2.24, 2.45) is 0 Å². The first-order chi connectivity index (χ1) is 12.0. The van der Waals surface area contributed by atoms with E-state index in [9.17, 15) is 4.79 Å². The molecule has 1 saturated carbocycles. The van der Waals surface area contributed by atoms with E-state index in [0.29, 0.717) is 12.6 Å². The van der Waals surface area contributed by atoms with Gasteiger partial charge < -0.3 is 9.64 Å². The van der Waals surface area contributed by atoms with Crippen LogP contribution >= 0.6 is 0 Å². The summed E-state index contributed by atoms with van der Waals surface area (Å²) in [5.41, 5.74) is 0. The molecule has 0 unspecified atom stereocenters. The van der Waals surface area contributed by atoms with Gasteiger partial charge in [0.1, 0.15) is 5.75 Å². The Hall–Kier alpha value is -2.14. The van der Waals surface area contributed by atoms with Gasteiger partial charge in [-0.15, -0.1) is 0 Å². The van der Waals surface area contributed by atoms with E-state index in [1.54, 1.807) is 19.0 Å². The molecule has 5 nitrogen and oxygen atoms in total. The summed E-state index contributed by atoms with van der Waals surface area (Å²) in [4.78, 5) is 19.8. The summed E-state index contributed by atoms with van der Waals surface area (Å²) < 4.78 is 6.20. The predicted molar refractivity (Wildman–Crippen MR) is 99.7 cm³/mol. The average Bonchev–Trinajstić information content (AvgIpc) is 2.62. The normalized spacial score (nSPS) is 20.6. The van der Waals surface area contributed by atoms with Crippen LogP contribution in [0.3, 0.4) is 0 Å². The lowest BCUT2D eigenvalue weighted by molar-refractivity contribution is -0.130. The Morgan fingerprint density at radius 2 is 1.88 bits per heavy atom. The Labute approximate surface area is 149 Å². The minimum Gasteiger partial charge on any atom is -0.490 e. The monoisotopic (exact) mass is 341 g/mol. The van der Waals surface area contributed by atoms with Gasteiger partial charge in [0.15, 0.2) is 0 Å². The Kier molecular flexibility index (Phi) is 5.53. The molecule has 0 radical (unpaired) electrons. The van der Waals surface area contributed by atoms with Gasteiger partial charge in [0.2, 0.25) is 5.91 Å². The van der Waals surface area contributed by atoms with Crippen molar-refractivity contribution >= 4 is 16.7 Å². The molecule has 2 aromatic rings. The maximum atomic E-state index is 11.9. The molecule has 0 saturated heterocycles. The Bertz CT molecular complexity index is 724. The van der Waals surface area contributed by atoms with E-state index in [0.717, 1.165) is 42.2 Å². The van der Waals surface area contributed by atoms with Gasteiger partial charge in [-0.3, -0.25) is 14.7 Å². The van der Waals surface area contributed by atoms with Gasteiger partial charge in [-0.25, -0.2) is 0 Å². The summed E-state index contributed by atoms with van der Waals surface area (Å²) in [5.74, 6) is 1.09. The Balaban J connectivity index is 1.52. The predicted octanol–water partition coefficient (Wildman–Crippen LogP) is 2.94. The number of aromatic nitrogens is 1. The summed E-state index contributed by atoms with van der Waals surface area (Å²) in [5, 5.41) is 2.29. The molecular formula is C20H27N3O2. The molecule has 0 aliphatic heterocycles. The van der Waals surface area contributed by atoms with Crippen molar-refractivity contribution < 1.29 is 9.53 Å². The van der Waals surface area contributed by atoms with Crippen LogP contribution in [-0.4, -0.2) is 60.5 Å². The molecule has 1 fully saturated rings. The molecule has 1 aromatic carbocycles. The van der Waals surface area contributed by atoms with Gasteiger partial charge in [0.25, 0.3) is 0 Å². The lowest BCUT2D eigenvalue weighted by atomic mass is 9.92. The van der Waals surface area contributed by atoms with Crippen LogP contribution in [0.2, 0.25) is 0 Å². The van der Waals surface area contributed by atoms with Crippen molar-refractivity contribution in [3.8, 4) is 5.75 Å². The third-order valence-corrected chi connectivity index (χ3v) is 5.07. The summed E-state index contributed by atoms with van der Waals surface area (Å²) in [6.07, 6.45) is 8.13. The van der Waals surface area contributed by atoms with E-state index in [4.69, 9.17) is 4.74 Å². The molecule has 1 aromatic heterocycles. The number of hydrogen-bond donors (Lipinski definition) is 0. The van der Waals surface area contributed by atoms with Crippen LogP contribution in [0.4, 0.5) is 0 Å². The van der Waals surface area contributed by atoms with E-state index in [1.165, 1.54) is 0 Å². The molecule has 0 spiro atoms. The Morgan fingerprint density at radius 3 is 2.60 bits per heavy atom. The number of benzene rings is 1. The van der Waals surface area contributed by atoms with Crippen LogP contribution < -0.4 is 4.74 Å². The molecule has 1 aliphatic carbocycles. The first kappa shape index (κ1) is 17.7. The van der Waals surface area contributed by atoms with Crippen LogP contribution in [0.25, 0.3) is 10.8 Å². The quantitative estimate of drug-likeness (QED) is 0.839. The summed E-state index contributed by atoms with van der Waals surface area (Å²) in [7, 11) is 5.66. The van der Waals surface area contributed by atoms with E-state index < -0.39 is 0 Å². The van der Waals surface area contributed by atoms with Gasteiger partial charge in [0, 0.05) is 37.9 Å². The minimum absolute atomic E-state index is 0.159. The first-order valence-corrected chi connectivity index (χ1v) is 8.94. The number of hydrogen-bond acceptors (Lipinski definition) is 4. The maximum absolute atomic E-state index is 11.9. The van der Waals surface area contributed by atoms with Crippen molar-refractivity contribution in [3.63, 3.8) is 0 Å². The van der Waals surface area contributed by atoms with E-state index in [2.05, 4.69) is 22.0 Å². The number of rotatable bonds is 5. The van der Waals surface area contributed by atoms with Crippen molar-refractivity contribution in [1.29, 1.82) is 0 Å². The number of ether oxygens (including phenoxy) is 1. The van der Waals surface area contributed by atoms with Crippen LogP contribution in [-0.2, 0) is 4.79 Å². The molecule has 0 atom stereocenters. The fourth-order valence-electron chi connectivity index (χ4n) is 3.41. The highest BCUT2D eigenvalue weighted by Crippen LogP contribution is 2.28. The Morgan fingerprint density at radius 1 is 1.12 bits per heavy atom. The van der Waals surface area contributed by atoms with E-state index >= 15 is 0 Å². The third kappa shape index (κ3) is 4.48. The van der Waals surface area contributed by atoms with Gasteiger partial charge in [-0.2, -0.15) is 0 Å². The standard InChI is InChI=1S/C20H27N3O2/c1-22(2)20(24)14-23(3)17-5-8-18(9-6-17)25-19-7-4-16-13-21-11-10-15(16)12-19/h4,7,10-13,17-18H,5-6,8-9,14H2,1-3H3. The third-order valence-electron chi connectivity index (χ3n) is 5.07. The molecule has 0 N–H and O–H groups in total. The molecule has 0 bridgehead atoms. The molecular weight excluding hydrogens is 314 g/mol. The van der Waals surface area contributed by atoms with Gasteiger partial charge >= 0.3 is 0 Å². The van der Waals surface area contributed by atoms with Gasteiger partial charge in [0.05, 0.1) is 12.6 Å². The van der Waals surface area contributed by atoms with E-state index in [1.807, 2.05) is 31.6 Å². The molecule has 134 valence electrons. The zero-order valence-electron chi connectivity index (χ0n) is 15.3. The lowest BCUT2D eigenvalue weighted by Gasteiger charge is -2.34. The van der Waals surface area contributed by atoms with Crippen LogP contribution in [0, 0.1) is 0 Å². The average molecular weight is 341 g/mol. The molecule has 25 heavy (non-hydrogen) atoms. The second-order valence-electron chi connectivity index (χ2n) is 7.14. The van der Waals surface area contributed by atoms with Crippen molar-refractivity contribution in [1.82, 2.24) is 14.8 Å². The molecule has 5 heteroatoms. The number of fused-ring (bicyclic) bond motifs is 1. The lowest BCUT2D eigenvalue weighted by Crippen LogP contribution is -2.43. The zero-order chi connectivity index (χ0) is 17.8. The number of likely N-dealkylation sites (N-methyl/N-ethyl adjacent to an activating group) is 2. The van der Waals surface area contributed by atoms with E-state index in [-0.39, 0.29) is 12.0 Å². The summed E-state index contributed by atoms with van der Waals surface area (Å²) in [6, 6.07) is 8.65. The van der Waals surface area contributed by atoms with Gasteiger partial charge in [-0.05, 0) is 62.4 Å². The highest BCUT2D eigenvalue weighted by molar-refractivity contribution is 5.82. The molecule has 3 rings (SSSR count). The number of carbonyl (C=O) groups is 1. The zero-order valence-corrected chi connectivity index (χ0v) is 15.3. The second kappa shape index (κ2) is 7.83. The topological polar surface area (TPSA) is 45.7 Å². The van der Waals surface area contributed by atoms with Crippen LogP contribution in [0.15, 0.2) is 36.7 Å². The SMILES string of the molecule is CN(C)C(=O)CN(C)C1CCC(Oc2ccc3cnccc3c2)CC1.